The molecule has 4 rings (SSSR count). The van der Waals surface area contributed by atoms with Crippen molar-refractivity contribution in [2.45, 2.75) is 37.8 Å². The summed E-state index contributed by atoms with van der Waals surface area (Å²) in [6, 6.07) is 5.17. The molecule has 0 spiro atoms. The van der Waals surface area contributed by atoms with Crippen molar-refractivity contribution in [3.05, 3.63) is 35.6 Å². The van der Waals surface area contributed by atoms with Gasteiger partial charge in [0.1, 0.15) is 11.9 Å². The summed E-state index contributed by atoms with van der Waals surface area (Å²) in [6.07, 6.45) is 4.74. The number of hydrogen-bond acceptors (Lipinski definition) is 2. The van der Waals surface area contributed by atoms with Gasteiger partial charge in [0.15, 0.2) is 0 Å². The predicted octanol–water partition coefficient (Wildman–Crippen LogP) is 2.20. The van der Waals surface area contributed by atoms with Crippen LogP contribution in [0, 0.1) is 17.7 Å². The summed E-state index contributed by atoms with van der Waals surface area (Å²) in [7, 11) is 0. The first-order chi connectivity index (χ1) is 11.6. The highest BCUT2D eigenvalue weighted by Gasteiger charge is 2.44. The molecule has 1 saturated heterocycles. The second kappa shape index (κ2) is 6.07. The third kappa shape index (κ3) is 3.09. The van der Waals surface area contributed by atoms with Crippen LogP contribution in [0.15, 0.2) is 24.3 Å². The van der Waals surface area contributed by atoms with E-state index in [1.165, 1.54) is 37.8 Å². The Labute approximate surface area is 140 Å². The lowest BCUT2D eigenvalue weighted by atomic mass is 10.0. The lowest BCUT2D eigenvalue weighted by molar-refractivity contribution is -0.127. The summed E-state index contributed by atoms with van der Waals surface area (Å²) < 4.78 is 13.2. The van der Waals surface area contributed by atoms with Crippen LogP contribution in [-0.2, 0) is 4.79 Å². The first-order valence-corrected chi connectivity index (χ1v) is 8.74. The highest BCUT2D eigenvalue weighted by molar-refractivity contribution is 5.89. The van der Waals surface area contributed by atoms with Crippen molar-refractivity contribution in [1.82, 2.24) is 15.5 Å². The minimum absolute atomic E-state index is 0.178. The number of urea groups is 1. The summed E-state index contributed by atoms with van der Waals surface area (Å²) in [6.45, 7) is 0.906. The molecule has 1 aromatic carbocycles. The molecule has 2 aliphatic carbocycles. The lowest BCUT2D eigenvalue weighted by Gasteiger charge is -2.36. The van der Waals surface area contributed by atoms with E-state index in [4.69, 9.17) is 0 Å². The molecule has 2 N–H and O–H groups in total. The van der Waals surface area contributed by atoms with Gasteiger partial charge in [0, 0.05) is 19.1 Å². The number of carbonyl (C=O) groups is 2. The number of amides is 3. The van der Waals surface area contributed by atoms with Crippen LogP contribution in [0.2, 0.25) is 0 Å². The zero-order chi connectivity index (χ0) is 16.7. The molecular weight excluding hydrogens is 309 g/mol. The van der Waals surface area contributed by atoms with Gasteiger partial charge >= 0.3 is 6.03 Å². The number of hydrogen-bond donors (Lipinski definition) is 2. The van der Waals surface area contributed by atoms with Crippen molar-refractivity contribution in [2.24, 2.45) is 11.8 Å². The zero-order valence-corrected chi connectivity index (χ0v) is 13.5. The minimum atomic E-state index is -0.696. The van der Waals surface area contributed by atoms with Crippen LogP contribution in [0.5, 0.6) is 0 Å². The van der Waals surface area contributed by atoms with Crippen molar-refractivity contribution in [2.75, 3.05) is 13.1 Å². The molecule has 128 valence electrons. The smallest absolute Gasteiger partial charge is 0.318 e. The van der Waals surface area contributed by atoms with Crippen molar-refractivity contribution in [3.63, 3.8) is 0 Å². The molecule has 1 aliphatic heterocycles. The molecule has 5 nitrogen and oxygen atoms in total. The maximum atomic E-state index is 13.2. The van der Waals surface area contributed by atoms with Crippen LogP contribution < -0.4 is 10.6 Å². The molecule has 1 unspecified atom stereocenters. The van der Waals surface area contributed by atoms with Crippen molar-refractivity contribution in [1.29, 1.82) is 0 Å². The fourth-order valence-corrected chi connectivity index (χ4v) is 3.62. The first-order valence-electron chi connectivity index (χ1n) is 8.74. The molecule has 1 atom stereocenters. The van der Waals surface area contributed by atoms with Crippen LogP contribution in [-0.4, -0.2) is 36.0 Å². The molecule has 0 bridgehead atoms. The van der Waals surface area contributed by atoms with E-state index in [-0.39, 0.29) is 23.8 Å². The van der Waals surface area contributed by atoms with Crippen LogP contribution in [0.1, 0.15) is 37.3 Å². The van der Waals surface area contributed by atoms with Crippen LogP contribution in [0.4, 0.5) is 9.18 Å². The van der Waals surface area contributed by atoms with E-state index in [1.54, 1.807) is 17.0 Å². The highest BCUT2D eigenvalue weighted by Crippen LogP contribution is 2.44. The molecule has 2 saturated carbocycles. The van der Waals surface area contributed by atoms with E-state index < -0.39 is 6.04 Å². The fraction of sp³-hybridized carbons (Fsp3) is 0.556. The Morgan fingerprint density at radius 2 is 1.79 bits per heavy atom. The van der Waals surface area contributed by atoms with Gasteiger partial charge in [0.25, 0.3) is 0 Å². The average Bonchev–Trinajstić information content (AvgIpc) is 3.47. The van der Waals surface area contributed by atoms with Crippen molar-refractivity contribution in [3.8, 4) is 0 Å². The van der Waals surface area contributed by atoms with E-state index >= 15 is 0 Å². The van der Waals surface area contributed by atoms with Gasteiger partial charge < -0.3 is 15.5 Å². The van der Waals surface area contributed by atoms with Gasteiger partial charge in [0.05, 0.1) is 0 Å². The SMILES string of the molecule is O=C1NCCN(C(=O)NC(C2CC2)C2CC2)C1c1ccc(F)cc1. The molecule has 3 fully saturated rings. The summed E-state index contributed by atoms with van der Waals surface area (Å²) in [5, 5.41) is 5.97. The van der Waals surface area contributed by atoms with Crippen LogP contribution in [0.3, 0.4) is 0 Å². The summed E-state index contributed by atoms with van der Waals surface area (Å²) in [5.41, 5.74) is 0.637. The Morgan fingerprint density at radius 1 is 1.17 bits per heavy atom. The molecular formula is C18H22FN3O2. The number of benzene rings is 1. The van der Waals surface area contributed by atoms with Crippen LogP contribution in [0.25, 0.3) is 0 Å². The molecule has 0 radical (unpaired) electrons. The van der Waals surface area contributed by atoms with E-state index in [0.717, 1.165) is 0 Å². The standard InChI is InChI=1S/C18H22FN3O2/c19-14-7-5-13(6-8-14)16-17(23)20-9-10-22(16)18(24)21-15(11-1-2-11)12-3-4-12/h5-8,11-12,15-16H,1-4,9-10H2,(H,20,23)(H,21,24). The second-order valence-corrected chi connectivity index (χ2v) is 7.09. The van der Waals surface area contributed by atoms with Gasteiger partial charge in [-0.3, -0.25) is 4.79 Å². The van der Waals surface area contributed by atoms with E-state index in [1.807, 2.05) is 0 Å². The van der Waals surface area contributed by atoms with Crippen molar-refractivity contribution < 1.29 is 14.0 Å². The summed E-state index contributed by atoms with van der Waals surface area (Å²) >= 11 is 0. The number of halogens is 1. The van der Waals surface area contributed by atoms with Crippen LogP contribution >= 0.6 is 0 Å². The Balaban J connectivity index is 1.53. The maximum Gasteiger partial charge on any atom is 0.318 e. The largest absolute Gasteiger partial charge is 0.352 e. The predicted molar refractivity (Wildman–Crippen MR) is 86.6 cm³/mol. The Kier molecular flexibility index (Phi) is 3.90. The van der Waals surface area contributed by atoms with Gasteiger partial charge in [-0.2, -0.15) is 0 Å². The number of piperazine rings is 1. The van der Waals surface area contributed by atoms with Gasteiger partial charge in [0.2, 0.25) is 5.91 Å². The quantitative estimate of drug-likeness (QED) is 0.888. The highest BCUT2D eigenvalue weighted by atomic mass is 19.1. The topological polar surface area (TPSA) is 61.4 Å². The van der Waals surface area contributed by atoms with Crippen molar-refractivity contribution >= 4 is 11.9 Å². The lowest BCUT2D eigenvalue weighted by Crippen LogP contribution is -2.56. The average molecular weight is 331 g/mol. The maximum absolute atomic E-state index is 13.2. The first kappa shape index (κ1) is 15.4. The summed E-state index contributed by atoms with van der Waals surface area (Å²) in [5.74, 6) is 0.638. The molecule has 1 aromatic rings. The third-order valence-corrected chi connectivity index (χ3v) is 5.21. The number of carbonyl (C=O) groups excluding carboxylic acids is 2. The molecule has 1 heterocycles. The monoisotopic (exact) mass is 331 g/mol. The van der Waals surface area contributed by atoms with Gasteiger partial charge in [-0.25, -0.2) is 9.18 Å². The number of rotatable bonds is 4. The zero-order valence-electron chi connectivity index (χ0n) is 13.5. The van der Waals surface area contributed by atoms with E-state index in [0.29, 0.717) is 30.5 Å². The third-order valence-electron chi connectivity index (χ3n) is 5.21. The molecule has 6 heteroatoms. The fourth-order valence-electron chi connectivity index (χ4n) is 3.62. The van der Waals surface area contributed by atoms with Gasteiger partial charge in [-0.1, -0.05) is 12.1 Å². The molecule has 0 aromatic heterocycles. The molecule has 3 aliphatic rings. The normalized spacial score (nSPS) is 24.0. The Morgan fingerprint density at radius 3 is 2.38 bits per heavy atom. The van der Waals surface area contributed by atoms with Gasteiger partial charge in [-0.15, -0.1) is 0 Å². The number of nitrogens with one attached hydrogen (secondary N) is 2. The number of nitrogens with zero attached hydrogens (tertiary/aromatic N) is 1. The Bertz CT molecular complexity index is 628. The van der Waals surface area contributed by atoms with E-state index in [2.05, 4.69) is 10.6 Å². The van der Waals surface area contributed by atoms with E-state index in [9.17, 15) is 14.0 Å². The molecule has 24 heavy (non-hydrogen) atoms. The minimum Gasteiger partial charge on any atom is -0.352 e. The Hall–Kier alpha value is -2.11. The summed E-state index contributed by atoms with van der Waals surface area (Å²) in [4.78, 5) is 26.8. The van der Waals surface area contributed by atoms with Gasteiger partial charge in [-0.05, 0) is 55.2 Å². The molecule has 3 amide bonds. The second-order valence-electron chi connectivity index (χ2n) is 7.09.